The topological polar surface area (TPSA) is 178 Å². The number of hydrogen-bond donors (Lipinski definition) is 4. The molecule has 7 N–H and O–H groups in total. The summed E-state index contributed by atoms with van der Waals surface area (Å²) in [5.74, 6) is -1.99. The van der Waals surface area contributed by atoms with E-state index in [1.807, 2.05) is 0 Å². The molecule has 1 aromatic heterocycles. The highest BCUT2D eigenvalue weighted by atomic mass is 16.2. The first-order chi connectivity index (χ1) is 7.97. The number of imidazole rings is 1. The monoisotopic (exact) mass is 236 g/mol. The van der Waals surface area contributed by atoms with Crippen LogP contribution in [-0.2, 0) is 10.5 Å². The molecule has 0 spiro atoms. The van der Waals surface area contributed by atoms with Crippen LogP contribution in [0, 0.1) is 0 Å². The molecule has 0 radical (unpaired) electrons. The molecular formula is C7H8N8O2. The zero-order valence-electron chi connectivity index (χ0n) is 8.41. The number of aliphatic imine (C=N–C) groups is 1. The lowest BCUT2D eigenvalue weighted by atomic mass is 10.1. The Morgan fingerprint density at radius 1 is 1.35 bits per heavy atom. The summed E-state index contributed by atoms with van der Waals surface area (Å²) in [4.78, 5) is 32.3. The Hall–Kier alpha value is -2.78. The van der Waals surface area contributed by atoms with Crippen molar-refractivity contribution in [2.75, 3.05) is 5.73 Å². The first kappa shape index (κ1) is 10.7. The molecule has 1 unspecified atom stereocenters. The molecule has 0 aromatic carbocycles. The molecule has 0 aliphatic carbocycles. The van der Waals surface area contributed by atoms with Crippen LogP contribution in [0.15, 0.2) is 15.2 Å². The summed E-state index contributed by atoms with van der Waals surface area (Å²) >= 11 is 0. The van der Waals surface area contributed by atoms with Crippen LogP contribution in [0.4, 0.5) is 5.82 Å². The SMILES string of the molecule is NC(=O)c1[nH]c(C2(C(N)=O)N=CN=N2)nc1N. The molecule has 2 amide bonds. The molecule has 0 saturated carbocycles. The zero-order chi connectivity index (χ0) is 12.6. The van der Waals surface area contributed by atoms with Gasteiger partial charge in [-0.15, -0.1) is 10.2 Å². The van der Waals surface area contributed by atoms with Crippen LogP contribution in [0.1, 0.15) is 16.3 Å². The molecule has 2 rings (SSSR count). The molecule has 1 aliphatic heterocycles. The van der Waals surface area contributed by atoms with Gasteiger partial charge in [0, 0.05) is 0 Å². The standard InChI is InChI=1S/C7H8N8O2/c8-3-2(4(9)16)13-6(14-3)7(5(10)17)11-1-12-15-7/h1H,8H2,(H2,9,16)(H2,10,17)(H,13,14). The molecule has 17 heavy (non-hydrogen) atoms. The highest BCUT2D eigenvalue weighted by Gasteiger charge is 2.44. The van der Waals surface area contributed by atoms with Gasteiger partial charge in [0.05, 0.1) is 0 Å². The molecule has 1 aromatic rings. The fourth-order valence-electron chi connectivity index (χ4n) is 1.32. The minimum absolute atomic E-state index is 0.103. The van der Waals surface area contributed by atoms with Gasteiger partial charge in [0.25, 0.3) is 11.8 Å². The third kappa shape index (κ3) is 1.42. The number of carbonyl (C=O) groups is 2. The maximum Gasteiger partial charge on any atom is 0.307 e. The molecular weight excluding hydrogens is 228 g/mol. The molecule has 88 valence electrons. The Morgan fingerprint density at radius 3 is 2.47 bits per heavy atom. The van der Waals surface area contributed by atoms with Gasteiger partial charge < -0.3 is 22.2 Å². The van der Waals surface area contributed by atoms with Gasteiger partial charge in [0.2, 0.25) is 0 Å². The highest BCUT2D eigenvalue weighted by molar-refractivity contribution is 5.96. The third-order valence-corrected chi connectivity index (χ3v) is 2.15. The van der Waals surface area contributed by atoms with Crippen molar-refractivity contribution in [1.29, 1.82) is 0 Å². The van der Waals surface area contributed by atoms with Crippen molar-refractivity contribution >= 4 is 24.0 Å². The number of carbonyl (C=O) groups excluding carboxylic acids is 2. The van der Waals surface area contributed by atoms with E-state index in [2.05, 4.69) is 25.2 Å². The van der Waals surface area contributed by atoms with Crippen LogP contribution >= 0.6 is 0 Å². The third-order valence-electron chi connectivity index (χ3n) is 2.15. The summed E-state index contributed by atoms with van der Waals surface area (Å²) in [6.45, 7) is 0. The summed E-state index contributed by atoms with van der Waals surface area (Å²) in [6.07, 6.45) is 1.05. The average molecular weight is 236 g/mol. The smallest absolute Gasteiger partial charge is 0.307 e. The molecule has 2 heterocycles. The van der Waals surface area contributed by atoms with Crippen molar-refractivity contribution < 1.29 is 9.59 Å². The predicted octanol–water partition coefficient (Wildman–Crippen LogP) is -1.78. The van der Waals surface area contributed by atoms with E-state index >= 15 is 0 Å². The molecule has 0 bridgehead atoms. The number of nitrogens with zero attached hydrogens (tertiary/aromatic N) is 4. The van der Waals surface area contributed by atoms with E-state index in [4.69, 9.17) is 17.2 Å². The van der Waals surface area contributed by atoms with Crippen LogP contribution < -0.4 is 17.2 Å². The summed E-state index contributed by atoms with van der Waals surface area (Å²) in [5, 5.41) is 7.01. The number of aromatic amines is 1. The normalized spacial score (nSPS) is 21.9. The van der Waals surface area contributed by atoms with Gasteiger partial charge in [-0.25, -0.2) is 9.98 Å². The van der Waals surface area contributed by atoms with Crippen molar-refractivity contribution in [2.24, 2.45) is 26.7 Å². The fourth-order valence-corrected chi connectivity index (χ4v) is 1.32. The number of aromatic nitrogens is 2. The summed E-state index contributed by atoms with van der Waals surface area (Å²) in [5.41, 5.74) is 13.7. The number of primary amides is 2. The van der Waals surface area contributed by atoms with Gasteiger partial charge in [-0.05, 0) is 0 Å². The second-order valence-corrected chi connectivity index (χ2v) is 3.21. The molecule has 1 aliphatic rings. The summed E-state index contributed by atoms with van der Waals surface area (Å²) in [6, 6.07) is 0. The van der Waals surface area contributed by atoms with Gasteiger partial charge >= 0.3 is 5.66 Å². The number of anilines is 1. The summed E-state index contributed by atoms with van der Waals surface area (Å²) < 4.78 is 0. The van der Waals surface area contributed by atoms with E-state index in [-0.39, 0.29) is 17.3 Å². The molecule has 10 heteroatoms. The van der Waals surface area contributed by atoms with Crippen molar-refractivity contribution in [3.8, 4) is 0 Å². The van der Waals surface area contributed by atoms with E-state index in [0.717, 1.165) is 6.34 Å². The number of nitrogens with one attached hydrogen (secondary N) is 1. The van der Waals surface area contributed by atoms with Crippen molar-refractivity contribution in [3.05, 3.63) is 11.5 Å². The first-order valence-corrected chi connectivity index (χ1v) is 4.39. The Bertz CT molecular complexity index is 544. The van der Waals surface area contributed by atoms with E-state index in [1.165, 1.54) is 0 Å². The molecule has 10 nitrogen and oxygen atoms in total. The van der Waals surface area contributed by atoms with E-state index in [0.29, 0.717) is 0 Å². The van der Waals surface area contributed by atoms with E-state index in [1.54, 1.807) is 0 Å². The lowest BCUT2D eigenvalue weighted by Crippen LogP contribution is -2.37. The number of hydrogen-bond acceptors (Lipinski definition) is 7. The van der Waals surface area contributed by atoms with Gasteiger partial charge in [0.1, 0.15) is 12.0 Å². The van der Waals surface area contributed by atoms with E-state index < -0.39 is 17.5 Å². The first-order valence-electron chi connectivity index (χ1n) is 4.39. The van der Waals surface area contributed by atoms with Crippen LogP contribution in [0.2, 0.25) is 0 Å². The molecule has 0 fully saturated rings. The van der Waals surface area contributed by atoms with Crippen molar-refractivity contribution in [1.82, 2.24) is 9.97 Å². The Kier molecular flexibility index (Phi) is 2.12. The van der Waals surface area contributed by atoms with Crippen LogP contribution in [0.3, 0.4) is 0 Å². The maximum atomic E-state index is 11.4. The van der Waals surface area contributed by atoms with E-state index in [9.17, 15) is 9.59 Å². The number of amides is 2. The second kappa shape index (κ2) is 3.37. The number of H-pyrrole nitrogens is 1. The number of azo groups is 1. The highest BCUT2D eigenvalue weighted by Crippen LogP contribution is 2.29. The van der Waals surface area contributed by atoms with Gasteiger partial charge in [0.15, 0.2) is 11.6 Å². The van der Waals surface area contributed by atoms with Crippen molar-refractivity contribution in [2.45, 2.75) is 5.66 Å². The minimum atomic E-state index is -1.80. The Labute approximate surface area is 94.0 Å². The number of rotatable bonds is 3. The van der Waals surface area contributed by atoms with Crippen molar-refractivity contribution in [3.63, 3.8) is 0 Å². The van der Waals surface area contributed by atoms with Gasteiger partial charge in [-0.3, -0.25) is 9.59 Å². The quantitative estimate of drug-likeness (QED) is 0.485. The van der Waals surface area contributed by atoms with Crippen LogP contribution in [-0.4, -0.2) is 28.1 Å². The Balaban J connectivity index is 2.57. The predicted molar refractivity (Wildman–Crippen MR) is 55.7 cm³/mol. The van der Waals surface area contributed by atoms with Crippen LogP contribution in [0.5, 0.6) is 0 Å². The molecule has 1 atom stereocenters. The van der Waals surface area contributed by atoms with Crippen LogP contribution in [0.25, 0.3) is 0 Å². The van der Waals surface area contributed by atoms with Gasteiger partial charge in [-0.1, -0.05) is 0 Å². The lowest BCUT2D eigenvalue weighted by molar-refractivity contribution is -0.123. The second-order valence-electron chi connectivity index (χ2n) is 3.21. The number of nitrogens with two attached hydrogens (primary N) is 3. The van der Waals surface area contributed by atoms with Gasteiger partial charge in [-0.2, -0.15) is 0 Å². The summed E-state index contributed by atoms with van der Waals surface area (Å²) in [7, 11) is 0. The minimum Gasteiger partial charge on any atom is -0.382 e. The molecule has 0 saturated heterocycles. The lowest BCUT2D eigenvalue weighted by Gasteiger charge is -2.13. The average Bonchev–Trinajstić information content (AvgIpc) is 2.83. The largest absolute Gasteiger partial charge is 0.382 e. The number of nitrogen functional groups attached to an aromatic ring is 1. The fraction of sp³-hybridized carbons (Fsp3) is 0.143. The zero-order valence-corrected chi connectivity index (χ0v) is 8.41. The maximum absolute atomic E-state index is 11.4. The Morgan fingerprint density at radius 2 is 2.06 bits per heavy atom.